The van der Waals surface area contributed by atoms with E-state index >= 15 is 0 Å². The number of anilines is 1. The molecule has 0 aliphatic heterocycles. The first kappa shape index (κ1) is 9.19. The number of nitrogen functional groups attached to an aromatic ring is 1. The highest BCUT2D eigenvalue weighted by molar-refractivity contribution is 7.80. The van der Waals surface area contributed by atoms with E-state index in [9.17, 15) is 0 Å². The second-order valence-electron chi connectivity index (χ2n) is 2.56. The molecule has 0 bridgehead atoms. The van der Waals surface area contributed by atoms with E-state index in [0.29, 0.717) is 5.82 Å². The molecule has 12 heavy (non-hydrogen) atoms. The third kappa shape index (κ3) is 2.30. The van der Waals surface area contributed by atoms with E-state index in [0.717, 1.165) is 17.7 Å². The smallest absolute Gasteiger partial charge is 0.152 e. The molecular formula is C8H13N3S. The average Bonchev–Trinajstić information content (AvgIpc) is 2.31. The number of nitrogens with zero attached hydrogens (tertiary/aromatic N) is 2. The summed E-state index contributed by atoms with van der Waals surface area (Å²) in [6, 6.07) is 0. The Morgan fingerprint density at radius 3 is 3.00 bits per heavy atom. The number of aryl methyl sites for hydroxylation is 1. The maximum absolute atomic E-state index is 5.62. The highest BCUT2D eigenvalue weighted by Gasteiger charge is 1.97. The maximum atomic E-state index is 5.62. The molecule has 3 nitrogen and oxygen atoms in total. The predicted octanol–water partition coefficient (Wildman–Crippen LogP) is 1.34. The molecule has 0 amide bonds. The van der Waals surface area contributed by atoms with Gasteiger partial charge in [-0.1, -0.05) is 12.2 Å². The molecule has 0 aliphatic rings. The number of hydrogen-bond donors (Lipinski definition) is 2. The quantitative estimate of drug-likeness (QED) is 0.694. The molecule has 0 radical (unpaired) electrons. The van der Waals surface area contributed by atoms with Gasteiger partial charge in [0.2, 0.25) is 0 Å². The Balaban J connectivity index is 2.68. The highest BCUT2D eigenvalue weighted by Crippen LogP contribution is 2.10. The zero-order chi connectivity index (χ0) is 8.97. The molecule has 0 fully saturated rings. The van der Waals surface area contributed by atoms with Gasteiger partial charge >= 0.3 is 0 Å². The van der Waals surface area contributed by atoms with Crippen molar-refractivity contribution in [3.63, 3.8) is 0 Å². The summed E-state index contributed by atoms with van der Waals surface area (Å²) in [4.78, 5) is 0. The van der Waals surface area contributed by atoms with Crippen LogP contribution in [0.4, 0.5) is 5.82 Å². The van der Waals surface area contributed by atoms with Crippen LogP contribution >= 0.6 is 12.6 Å². The zero-order valence-corrected chi connectivity index (χ0v) is 7.96. The predicted molar refractivity (Wildman–Crippen MR) is 55.1 cm³/mol. The first-order valence-electron chi connectivity index (χ1n) is 3.80. The second-order valence-corrected chi connectivity index (χ2v) is 3.01. The molecule has 1 rings (SSSR count). The molecule has 0 aromatic carbocycles. The summed E-state index contributed by atoms with van der Waals surface area (Å²) in [6.45, 7) is 0. The van der Waals surface area contributed by atoms with E-state index in [2.05, 4.69) is 17.7 Å². The topological polar surface area (TPSA) is 43.8 Å². The van der Waals surface area contributed by atoms with Crippen LogP contribution in [0.15, 0.2) is 12.3 Å². The van der Waals surface area contributed by atoms with Gasteiger partial charge in [-0.05, 0) is 12.2 Å². The van der Waals surface area contributed by atoms with Gasteiger partial charge in [-0.25, -0.2) is 0 Å². The normalized spacial score (nSPS) is 11.2. The van der Waals surface area contributed by atoms with Gasteiger partial charge in [-0.15, -0.1) is 0 Å². The standard InChI is InChI=1S/C8H13N3S/c1-11-6-7(8(9)10-11)4-2-3-5-12/h2,4,6,12H,3,5H2,1H3,(H2,9,10). The third-order valence-corrected chi connectivity index (χ3v) is 1.74. The minimum absolute atomic E-state index is 0.577. The van der Waals surface area contributed by atoms with Crippen LogP contribution in [0.2, 0.25) is 0 Å². The number of aromatic nitrogens is 2. The Bertz CT molecular complexity index is 278. The lowest BCUT2D eigenvalue weighted by atomic mass is 10.3. The average molecular weight is 183 g/mol. The van der Waals surface area contributed by atoms with Crippen molar-refractivity contribution in [3.8, 4) is 0 Å². The van der Waals surface area contributed by atoms with Crippen molar-refractivity contribution in [2.75, 3.05) is 11.5 Å². The fraction of sp³-hybridized carbons (Fsp3) is 0.375. The van der Waals surface area contributed by atoms with Crippen molar-refractivity contribution in [2.24, 2.45) is 7.05 Å². The lowest BCUT2D eigenvalue weighted by molar-refractivity contribution is 0.772. The van der Waals surface area contributed by atoms with Crippen molar-refractivity contribution in [1.82, 2.24) is 9.78 Å². The van der Waals surface area contributed by atoms with Gasteiger partial charge < -0.3 is 5.73 Å². The SMILES string of the molecule is Cn1cc(C=CCCS)c(N)n1. The Hall–Kier alpha value is -0.900. The monoisotopic (exact) mass is 183 g/mol. The van der Waals surface area contributed by atoms with E-state index in [4.69, 9.17) is 5.73 Å². The highest BCUT2D eigenvalue weighted by atomic mass is 32.1. The Labute approximate surface area is 77.7 Å². The van der Waals surface area contributed by atoms with E-state index < -0.39 is 0 Å². The fourth-order valence-electron chi connectivity index (χ4n) is 0.937. The van der Waals surface area contributed by atoms with Gasteiger partial charge in [0.25, 0.3) is 0 Å². The minimum atomic E-state index is 0.577. The summed E-state index contributed by atoms with van der Waals surface area (Å²) in [7, 11) is 1.85. The van der Waals surface area contributed by atoms with Crippen molar-refractivity contribution in [2.45, 2.75) is 6.42 Å². The van der Waals surface area contributed by atoms with E-state index in [1.165, 1.54) is 0 Å². The zero-order valence-electron chi connectivity index (χ0n) is 7.07. The molecule has 1 aromatic rings. The van der Waals surface area contributed by atoms with Crippen molar-refractivity contribution in [3.05, 3.63) is 17.8 Å². The molecule has 0 spiro atoms. The third-order valence-electron chi connectivity index (χ3n) is 1.48. The molecular weight excluding hydrogens is 170 g/mol. The molecule has 0 saturated carbocycles. The van der Waals surface area contributed by atoms with Crippen LogP contribution in [0, 0.1) is 0 Å². The molecule has 0 unspecified atom stereocenters. The number of rotatable bonds is 3. The number of hydrogen-bond acceptors (Lipinski definition) is 3. The lowest BCUT2D eigenvalue weighted by Crippen LogP contribution is -1.90. The van der Waals surface area contributed by atoms with Gasteiger partial charge in [0.05, 0.1) is 0 Å². The summed E-state index contributed by atoms with van der Waals surface area (Å²) in [6.07, 6.45) is 6.86. The van der Waals surface area contributed by atoms with Crippen LogP contribution in [0.25, 0.3) is 6.08 Å². The Morgan fingerprint density at radius 1 is 1.75 bits per heavy atom. The van der Waals surface area contributed by atoms with Gasteiger partial charge in [-0.3, -0.25) is 4.68 Å². The summed E-state index contributed by atoms with van der Waals surface area (Å²) >= 11 is 4.09. The van der Waals surface area contributed by atoms with Crippen LogP contribution < -0.4 is 5.73 Å². The molecule has 1 heterocycles. The first-order valence-corrected chi connectivity index (χ1v) is 4.44. The van der Waals surface area contributed by atoms with E-state index in [-0.39, 0.29) is 0 Å². The van der Waals surface area contributed by atoms with Crippen molar-refractivity contribution < 1.29 is 0 Å². The first-order chi connectivity index (χ1) is 5.74. The molecule has 0 aliphatic carbocycles. The summed E-state index contributed by atoms with van der Waals surface area (Å²) < 4.78 is 1.70. The van der Waals surface area contributed by atoms with Gasteiger partial charge in [-0.2, -0.15) is 17.7 Å². The molecule has 1 aromatic heterocycles. The van der Waals surface area contributed by atoms with Gasteiger partial charge in [0.1, 0.15) is 0 Å². The maximum Gasteiger partial charge on any atom is 0.152 e. The van der Waals surface area contributed by atoms with Crippen molar-refractivity contribution >= 4 is 24.5 Å². The largest absolute Gasteiger partial charge is 0.382 e. The van der Waals surface area contributed by atoms with E-state index in [1.54, 1.807) is 4.68 Å². The fourth-order valence-corrected chi connectivity index (χ4v) is 1.09. The molecule has 0 atom stereocenters. The minimum Gasteiger partial charge on any atom is -0.382 e. The summed E-state index contributed by atoms with van der Waals surface area (Å²) in [5, 5.41) is 4.01. The van der Waals surface area contributed by atoms with Gasteiger partial charge in [0, 0.05) is 18.8 Å². The molecule has 2 N–H and O–H groups in total. The molecule has 0 saturated heterocycles. The molecule has 4 heteroatoms. The second kappa shape index (κ2) is 4.21. The number of allylic oxidation sites excluding steroid dienone is 1. The van der Waals surface area contributed by atoms with Crippen LogP contribution in [0.3, 0.4) is 0 Å². The number of thiol groups is 1. The summed E-state index contributed by atoms with van der Waals surface area (Å²) in [5.41, 5.74) is 6.59. The van der Waals surface area contributed by atoms with Crippen LogP contribution in [0.1, 0.15) is 12.0 Å². The lowest BCUT2D eigenvalue weighted by Gasteiger charge is -1.86. The van der Waals surface area contributed by atoms with Crippen molar-refractivity contribution in [1.29, 1.82) is 0 Å². The van der Waals surface area contributed by atoms with E-state index in [1.807, 2.05) is 25.4 Å². The summed E-state index contributed by atoms with van der Waals surface area (Å²) in [5.74, 6) is 1.43. The van der Waals surface area contributed by atoms with Crippen LogP contribution in [-0.2, 0) is 7.05 Å². The number of nitrogens with two attached hydrogens (primary N) is 1. The van der Waals surface area contributed by atoms with Crippen LogP contribution in [-0.4, -0.2) is 15.5 Å². The Morgan fingerprint density at radius 2 is 2.50 bits per heavy atom. The Kier molecular flexibility index (Phi) is 3.22. The molecule has 66 valence electrons. The van der Waals surface area contributed by atoms with Crippen LogP contribution in [0.5, 0.6) is 0 Å². The van der Waals surface area contributed by atoms with Gasteiger partial charge in [0.15, 0.2) is 5.82 Å².